The summed E-state index contributed by atoms with van der Waals surface area (Å²) in [6, 6.07) is 7.57. The van der Waals surface area contributed by atoms with Crippen molar-refractivity contribution in [3.8, 4) is 0 Å². The second-order valence-corrected chi connectivity index (χ2v) is 8.27. The molecule has 26 heavy (non-hydrogen) atoms. The number of thiazole rings is 1. The van der Waals surface area contributed by atoms with Gasteiger partial charge in [-0.05, 0) is 31.2 Å². The third kappa shape index (κ3) is 5.25. The Balaban J connectivity index is 1.51. The number of aromatic nitrogens is 1. The lowest BCUT2D eigenvalue weighted by molar-refractivity contribution is 0.0459. The van der Waals surface area contributed by atoms with E-state index in [0.29, 0.717) is 31.7 Å². The van der Waals surface area contributed by atoms with Crippen molar-refractivity contribution >= 4 is 29.0 Å². The Morgan fingerprint density at radius 2 is 1.92 bits per heavy atom. The minimum absolute atomic E-state index is 0.0339. The van der Waals surface area contributed by atoms with Gasteiger partial charge in [0.1, 0.15) is 0 Å². The standard InChI is InChI=1S/C18H21F2N3OS2/c1-13-21-15(11-25-13)12-26-16-4-2-14(3-5-16)18(24)23-8-6-22(7-9-23)10-17(19)20/h2-5,11,17H,6-10,12H2,1H3. The fourth-order valence-corrected chi connectivity index (χ4v) is 4.35. The molecule has 140 valence electrons. The summed E-state index contributed by atoms with van der Waals surface area (Å²) in [5, 5.41) is 3.13. The van der Waals surface area contributed by atoms with Crippen LogP contribution in [0.5, 0.6) is 0 Å². The number of aryl methyl sites for hydroxylation is 1. The molecule has 3 rings (SSSR count). The number of piperazine rings is 1. The molecular weight excluding hydrogens is 376 g/mol. The van der Waals surface area contributed by atoms with E-state index in [-0.39, 0.29) is 12.5 Å². The van der Waals surface area contributed by atoms with Crippen LogP contribution in [0.25, 0.3) is 0 Å². The summed E-state index contributed by atoms with van der Waals surface area (Å²) in [6.45, 7) is 3.75. The fraction of sp³-hybridized carbons (Fsp3) is 0.444. The van der Waals surface area contributed by atoms with E-state index in [9.17, 15) is 13.6 Å². The first-order valence-corrected chi connectivity index (χ1v) is 10.3. The number of rotatable bonds is 6. The van der Waals surface area contributed by atoms with E-state index in [4.69, 9.17) is 0 Å². The van der Waals surface area contributed by atoms with Gasteiger partial charge < -0.3 is 4.90 Å². The van der Waals surface area contributed by atoms with Crippen LogP contribution in [-0.2, 0) is 5.75 Å². The molecule has 0 spiro atoms. The Morgan fingerprint density at radius 1 is 1.23 bits per heavy atom. The lowest BCUT2D eigenvalue weighted by atomic mass is 10.2. The number of thioether (sulfide) groups is 1. The Hall–Kier alpha value is -1.51. The molecule has 1 aromatic heterocycles. The molecule has 8 heteroatoms. The fourth-order valence-electron chi connectivity index (χ4n) is 2.84. The van der Waals surface area contributed by atoms with Gasteiger partial charge in [0.25, 0.3) is 12.3 Å². The van der Waals surface area contributed by atoms with Gasteiger partial charge in [0.2, 0.25) is 0 Å². The summed E-state index contributed by atoms with van der Waals surface area (Å²) >= 11 is 3.34. The quantitative estimate of drug-likeness (QED) is 0.696. The van der Waals surface area contributed by atoms with Gasteiger partial charge in [-0.25, -0.2) is 13.8 Å². The van der Waals surface area contributed by atoms with Gasteiger partial charge >= 0.3 is 0 Å². The van der Waals surface area contributed by atoms with E-state index in [2.05, 4.69) is 10.4 Å². The van der Waals surface area contributed by atoms with Crippen LogP contribution < -0.4 is 0 Å². The molecule has 1 aliphatic heterocycles. The van der Waals surface area contributed by atoms with Gasteiger partial charge in [-0.15, -0.1) is 23.1 Å². The maximum absolute atomic E-state index is 12.6. The second-order valence-electron chi connectivity index (χ2n) is 6.15. The Labute approximate surface area is 160 Å². The van der Waals surface area contributed by atoms with E-state index < -0.39 is 6.43 Å². The van der Waals surface area contributed by atoms with Gasteiger partial charge in [0.05, 0.1) is 17.2 Å². The smallest absolute Gasteiger partial charge is 0.253 e. The maximum atomic E-state index is 12.6. The zero-order valence-electron chi connectivity index (χ0n) is 14.5. The van der Waals surface area contributed by atoms with Gasteiger partial charge in [-0.3, -0.25) is 9.69 Å². The molecule has 0 aliphatic carbocycles. The molecule has 1 aliphatic rings. The highest BCUT2D eigenvalue weighted by Gasteiger charge is 2.23. The minimum Gasteiger partial charge on any atom is -0.336 e. The monoisotopic (exact) mass is 397 g/mol. The minimum atomic E-state index is -2.32. The third-order valence-corrected chi connectivity index (χ3v) is 6.08. The summed E-state index contributed by atoms with van der Waals surface area (Å²) in [5.74, 6) is 0.775. The number of alkyl halides is 2. The molecule has 4 nitrogen and oxygen atoms in total. The van der Waals surface area contributed by atoms with Crippen LogP contribution in [0.2, 0.25) is 0 Å². The molecule has 0 bridgehead atoms. The van der Waals surface area contributed by atoms with Crippen LogP contribution in [0.15, 0.2) is 34.5 Å². The number of amides is 1. The molecule has 1 amide bonds. The SMILES string of the molecule is Cc1nc(CSc2ccc(C(=O)N3CCN(CC(F)F)CC3)cc2)cs1. The van der Waals surface area contributed by atoms with E-state index in [1.807, 2.05) is 31.2 Å². The van der Waals surface area contributed by atoms with E-state index in [1.54, 1.807) is 32.9 Å². The number of hydrogen-bond donors (Lipinski definition) is 0. The Kier molecular flexibility index (Phi) is 6.61. The molecule has 1 aromatic carbocycles. The summed E-state index contributed by atoms with van der Waals surface area (Å²) < 4.78 is 24.8. The lowest BCUT2D eigenvalue weighted by Crippen LogP contribution is -2.49. The average Bonchev–Trinajstić information content (AvgIpc) is 3.05. The van der Waals surface area contributed by atoms with Crippen molar-refractivity contribution in [3.63, 3.8) is 0 Å². The summed E-state index contributed by atoms with van der Waals surface area (Å²) in [4.78, 5) is 21.5. The molecule has 1 saturated heterocycles. The molecule has 2 aromatic rings. The Bertz CT molecular complexity index is 728. The number of nitrogens with zero attached hydrogens (tertiary/aromatic N) is 3. The first-order chi connectivity index (χ1) is 12.5. The number of carbonyl (C=O) groups is 1. The van der Waals surface area contributed by atoms with E-state index >= 15 is 0 Å². The van der Waals surface area contributed by atoms with Crippen LogP contribution >= 0.6 is 23.1 Å². The lowest BCUT2D eigenvalue weighted by Gasteiger charge is -2.34. The second kappa shape index (κ2) is 8.92. The van der Waals surface area contributed by atoms with Crippen molar-refractivity contribution in [1.29, 1.82) is 0 Å². The molecule has 0 radical (unpaired) electrons. The van der Waals surface area contributed by atoms with E-state index in [0.717, 1.165) is 21.3 Å². The Morgan fingerprint density at radius 3 is 2.50 bits per heavy atom. The molecular formula is C18H21F2N3OS2. The summed E-state index contributed by atoms with van der Waals surface area (Å²) in [6.07, 6.45) is -2.32. The normalized spacial score (nSPS) is 15.6. The van der Waals surface area contributed by atoms with Crippen LogP contribution in [0.3, 0.4) is 0 Å². The first kappa shape index (κ1) is 19.3. The van der Waals surface area contributed by atoms with Crippen LogP contribution in [0.1, 0.15) is 21.1 Å². The van der Waals surface area contributed by atoms with Crippen molar-refractivity contribution < 1.29 is 13.6 Å². The highest BCUT2D eigenvalue weighted by atomic mass is 32.2. The molecule has 1 fully saturated rings. The zero-order valence-corrected chi connectivity index (χ0v) is 16.2. The molecule has 0 atom stereocenters. The number of carbonyl (C=O) groups excluding carboxylic acids is 1. The highest BCUT2D eigenvalue weighted by Crippen LogP contribution is 2.24. The van der Waals surface area contributed by atoms with Gasteiger partial charge in [0.15, 0.2) is 0 Å². The van der Waals surface area contributed by atoms with Gasteiger partial charge in [-0.1, -0.05) is 0 Å². The number of hydrogen-bond acceptors (Lipinski definition) is 5. The maximum Gasteiger partial charge on any atom is 0.253 e. The van der Waals surface area contributed by atoms with E-state index in [1.165, 1.54) is 0 Å². The van der Waals surface area contributed by atoms with Gasteiger partial charge in [-0.2, -0.15) is 0 Å². The van der Waals surface area contributed by atoms with Crippen molar-refractivity contribution in [2.24, 2.45) is 0 Å². The molecule has 0 unspecified atom stereocenters. The van der Waals surface area contributed by atoms with Crippen LogP contribution in [0, 0.1) is 6.92 Å². The van der Waals surface area contributed by atoms with Crippen LogP contribution in [-0.4, -0.2) is 59.8 Å². The summed E-state index contributed by atoms with van der Waals surface area (Å²) in [5.41, 5.74) is 1.71. The van der Waals surface area contributed by atoms with Crippen molar-refractivity contribution in [1.82, 2.24) is 14.8 Å². The number of benzene rings is 1. The molecule has 2 heterocycles. The van der Waals surface area contributed by atoms with Crippen molar-refractivity contribution in [2.75, 3.05) is 32.7 Å². The molecule has 0 saturated carbocycles. The van der Waals surface area contributed by atoms with Crippen molar-refractivity contribution in [3.05, 3.63) is 45.9 Å². The van der Waals surface area contributed by atoms with Crippen LogP contribution in [0.4, 0.5) is 8.78 Å². The molecule has 0 N–H and O–H groups in total. The predicted molar refractivity (Wildman–Crippen MR) is 101 cm³/mol. The van der Waals surface area contributed by atoms with Crippen molar-refractivity contribution in [2.45, 2.75) is 24.0 Å². The topological polar surface area (TPSA) is 36.4 Å². The average molecular weight is 398 g/mol. The zero-order chi connectivity index (χ0) is 18.5. The first-order valence-electron chi connectivity index (χ1n) is 8.45. The largest absolute Gasteiger partial charge is 0.336 e. The third-order valence-electron chi connectivity index (χ3n) is 4.21. The number of halogens is 2. The highest BCUT2D eigenvalue weighted by molar-refractivity contribution is 7.98. The summed E-state index contributed by atoms with van der Waals surface area (Å²) in [7, 11) is 0. The van der Waals surface area contributed by atoms with Gasteiger partial charge in [0, 0.05) is 47.8 Å². The predicted octanol–water partition coefficient (Wildman–Crippen LogP) is 3.77.